The van der Waals surface area contributed by atoms with E-state index in [2.05, 4.69) is 26.6 Å². The summed E-state index contributed by atoms with van der Waals surface area (Å²) < 4.78 is 9.31. The lowest BCUT2D eigenvalue weighted by molar-refractivity contribution is -0.117. The molecule has 36 heavy (non-hydrogen) atoms. The number of benzene rings is 3. The van der Waals surface area contributed by atoms with Crippen molar-refractivity contribution in [3.05, 3.63) is 87.1 Å². The zero-order chi connectivity index (χ0) is 25.2. The molecule has 1 atom stereocenters. The SMILES string of the molecule is Cc1cc(OCCCCn2c(C3CC(=O)N(c4ccc(Br)cc4)C3)nc3ccccc32)cc(C)c1Cl. The van der Waals surface area contributed by atoms with Crippen molar-refractivity contribution in [1.82, 2.24) is 9.55 Å². The molecule has 1 fully saturated rings. The van der Waals surface area contributed by atoms with Crippen molar-refractivity contribution in [2.45, 2.75) is 45.6 Å². The van der Waals surface area contributed by atoms with Gasteiger partial charge in [-0.2, -0.15) is 0 Å². The number of rotatable bonds is 8. The van der Waals surface area contributed by atoms with Crippen LogP contribution in [0, 0.1) is 13.8 Å². The third-order valence-electron chi connectivity index (χ3n) is 6.77. The van der Waals surface area contributed by atoms with Crippen LogP contribution in [-0.4, -0.2) is 28.6 Å². The Balaban J connectivity index is 1.28. The molecule has 5 nitrogen and oxygen atoms in total. The van der Waals surface area contributed by atoms with E-state index in [0.717, 1.165) is 68.3 Å². The van der Waals surface area contributed by atoms with E-state index < -0.39 is 0 Å². The van der Waals surface area contributed by atoms with E-state index in [0.29, 0.717) is 19.6 Å². The van der Waals surface area contributed by atoms with Crippen LogP contribution in [0.25, 0.3) is 11.0 Å². The van der Waals surface area contributed by atoms with Gasteiger partial charge in [0.25, 0.3) is 0 Å². The molecule has 1 aliphatic heterocycles. The standard InChI is InChI=1S/C29H29BrClN3O2/c1-19-15-24(16-20(2)28(19)31)36-14-6-5-13-33-26-8-4-3-7-25(26)32-29(33)21-17-27(35)34(18-21)23-11-9-22(30)10-12-23/h3-4,7-12,15-16,21H,5-6,13-14,17-18H2,1-2H3. The number of amides is 1. The minimum absolute atomic E-state index is 0.0600. The summed E-state index contributed by atoms with van der Waals surface area (Å²) >= 11 is 9.75. The summed E-state index contributed by atoms with van der Waals surface area (Å²) in [5.41, 5.74) is 5.09. The average molecular weight is 567 g/mol. The topological polar surface area (TPSA) is 47.4 Å². The highest BCUT2D eigenvalue weighted by atomic mass is 79.9. The van der Waals surface area contributed by atoms with E-state index in [1.807, 2.05) is 73.3 Å². The zero-order valence-electron chi connectivity index (χ0n) is 20.5. The largest absolute Gasteiger partial charge is 0.494 e. The maximum absolute atomic E-state index is 12.9. The van der Waals surface area contributed by atoms with Crippen LogP contribution >= 0.6 is 27.5 Å². The van der Waals surface area contributed by atoms with E-state index in [-0.39, 0.29) is 11.8 Å². The van der Waals surface area contributed by atoms with Gasteiger partial charge in [0.15, 0.2) is 0 Å². The molecule has 5 rings (SSSR count). The molecule has 186 valence electrons. The maximum Gasteiger partial charge on any atom is 0.227 e. The van der Waals surface area contributed by atoms with Crippen LogP contribution in [0.2, 0.25) is 5.02 Å². The Kier molecular flexibility index (Phi) is 7.35. The Morgan fingerprint density at radius 1 is 1.06 bits per heavy atom. The van der Waals surface area contributed by atoms with Gasteiger partial charge in [0.2, 0.25) is 5.91 Å². The number of para-hydroxylation sites is 2. The number of aromatic nitrogens is 2. The molecule has 0 radical (unpaired) electrons. The van der Waals surface area contributed by atoms with Gasteiger partial charge in [-0.3, -0.25) is 4.79 Å². The van der Waals surface area contributed by atoms with Gasteiger partial charge in [0.05, 0.1) is 17.6 Å². The second-order valence-corrected chi connectivity index (χ2v) is 10.7. The molecular formula is C29H29BrClN3O2. The molecular weight excluding hydrogens is 538 g/mol. The molecule has 1 aromatic heterocycles. The molecule has 2 heterocycles. The number of aryl methyl sites for hydroxylation is 3. The number of hydrogen-bond acceptors (Lipinski definition) is 3. The van der Waals surface area contributed by atoms with Crippen LogP contribution in [0.15, 0.2) is 65.1 Å². The first-order valence-corrected chi connectivity index (χ1v) is 13.5. The van der Waals surface area contributed by atoms with Gasteiger partial charge in [0, 0.05) is 40.6 Å². The van der Waals surface area contributed by atoms with Crippen molar-refractivity contribution in [1.29, 1.82) is 0 Å². The highest BCUT2D eigenvalue weighted by Crippen LogP contribution is 2.34. The zero-order valence-corrected chi connectivity index (χ0v) is 22.8. The van der Waals surface area contributed by atoms with E-state index in [4.69, 9.17) is 21.3 Å². The summed E-state index contributed by atoms with van der Waals surface area (Å²) in [5, 5.41) is 0.797. The van der Waals surface area contributed by atoms with E-state index in [1.54, 1.807) is 0 Å². The molecule has 0 N–H and O–H groups in total. The first-order chi connectivity index (χ1) is 17.4. The Bertz CT molecular complexity index is 1380. The molecule has 0 aliphatic carbocycles. The second-order valence-electron chi connectivity index (χ2n) is 9.42. The second kappa shape index (κ2) is 10.7. The number of halogens is 2. The van der Waals surface area contributed by atoms with Crippen molar-refractivity contribution >= 4 is 50.2 Å². The van der Waals surface area contributed by atoms with Crippen LogP contribution in [0.4, 0.5) is 5.69 Å². The normalized spacial score (nSPS) is 15.7. The number of hydrogen-bond donors (Lipinski definition) is 0. The number of ether oxygens (including phenoxy) is 1. The molecule has 3 aromatic carbocycles. The molecule has 0 spiro atoms. The minimum Gasteiger partial charge on any atom is -0.494 e. The molecule has 4 aromatic rings. The fraction of sp³-hybridized carbons (Fsp3) is 0.310. The van der Waals surface area contributed by atoms with Gasteiger partial charge in [-0.25, -0.2) is 4.98 Å². The van der Waals surface area contributed by atoms with E-state index in [1.165, 1.54) is 0 Å². The van der Waals surface area contributed by atoms with Crippen LogP contribution in [0.3, 0.4) is 0 Å². The summed E-state index contributed by atoms with van der Waals surface area (Å²) in [7, 11) is 0. The van der Waals surface area contributed by atoms with Gasteiger partial charge >= 0.3 is 0 Å². The number of anilines is 1. The van der Waals surface area contributed by atoms with Crippen LogP contribution in [0.1, 0.15) is 42.1 Å². The van der Waals surface area contributed by atoms with Gasteiger partial charge < -0.3 is 14.2 Å². The Hall–Kier alpha value is -2.83. The predicted molar refractivity (Wildman–Crippen MR) is 149 cm³/mol. The van der Waals surface area contributed by atoms with Crippen molar-refractivity contribution in [2.24, 2.45) is 0 Å². The quantitative estimate of drug-likeness (QED) is 0.208. The summed E-state index contributed by atoms with van der Waals surface area (Å²) in [6.07, 6.45) is 2.34. The number of nitrogens with zero attached hydrogens (tertiary/aromatic N) is 3. The maximum atomic E-state index is 12.9. The first-order valence-electron chi connectivity index (χ1n) is 12.3. The number of carbonyl (C=O) groups is 1. The Labute approximate surface area is 225 Å². The number of fused-ring (bicyclic) bond motifs is 1. The number of unbranched alkanes of at least 4 members (excludes halogenated alkanes) is 1. The smallest absolute Gasteiger partial charge is 0.227 e. The average Bonchev–Trinajstić information content (AvgIpc) is 3.43. The van der Waals surface area contributed by atoms with Crippen LogP contribution in [0.5, 0.6) is 5.75 Å². The fourth-order valence-corrected chi connectivity index (χ4v) is 5.32. The molecule has 0 saturated carbocycles. The molecule has 1 aliphatic rings. The summed E-state index contributed by atoms with van der Waals surface area (Å²) in [5.74, 6) is 2.06. The van der Waals surface area contributed by atoms with Gasteiger partial charge in [-0.1, -0.05) is 39.7 Å². The summed E-state index contributed by atoms with van der Waals surface area (Å²) in [6.45, 7) is 6.11. The monoisotopic (exact) mass is 565 g/mol. The first kappa shape index (κ1) is 24.8. The molecule has 0 bridgehead atoms. The lowest BCUT2D eigenvalue weighted by Gasteiger charge is -2.17. The van der Waals surface area contributed by atoms with Crippen molar-refractivity contribution in [3.63, 3.8) is 0 Å². The van der Waals surface area contributed by atoms with E-state index >= 15 is 0 Å². The van der Waals surface area contributed by atoms with Crippen molar-refractivity contribution < 1.29 is 9.53 Å². The highest BCUT2D eigenvalue weighted by Gasteiger charge is 2.34. The minimum atomic E-state index is 0.0600. The third kappa shape index (κ3) is 5.16. The summed E-state index contributed by atoms with van der Waals surface area (Å²) in [6, 6.07) is 20.1. The number of imidazole rings is 1. The fourth-order valence-electron chi connectivity index (χ4n) is 4.94. The van der Waals surface area contributed by atoms with E-state index in [9.17, 15) is 4.79 Å². The van der Waals surface area contributed by atoms with Gasteiger partial charge in [-0.15, -0.1) is 0 Å². The Morgan fingerprint density at radius 2 is 1.78 bits per heavy atom. The summed E-state index contributed by atoms with van der Waals surface area (Å²) in [4.78, 5) is 19.8. The molecule has 7 heteroatoms. The van der Waals surface area contributed by atoms with Crippen molar-refractivity contribution in [3.8, 4) is 5.75 Å². The van der Waals surface area contributed by atoms with Crippen LogP contribution < -0.4 is 9.64 Å². The van der Waals surface area contributed by atoms with Crippen LogP contribution in [-0.2, 0) is 11.3 Å². The Morgan fingerprint density at radius 3 is 2.53 bits per heavy atom. The number of carbonyl (C=O) groups excluding carboxylic acids is 1. The predicted octanol–water partition coefficient (Wildman–Crippen LogP) is 7.45. The van der Waals surface area contributed by atoms with Crippen molar-refractivity contribution in [2.75, 3.05) is 18.1 Å². The third-order valence-corrected chi connectivity index (χ3v) is 7.89. The van der Waals surface area contributed by atoms with Gasteiger partial charge in [-0.05, 0) is 86.3 Å². The molecule has 1 amide bonds. The lowest BCUT2D eigenvalue weighted by Crippen LogP contribution is -2.24. The van der Waals surface area contributed by atoms with Gasteiger partial charge in [0.1, 0.15) is 11.6 Å². The lowest BCUT2D eigenvalue weighted by atomic mass is 10.1. The highest BCUT2D eigenvalue weighted by molar-refractivity contribution is 9.10. The molecule has 1 saturated heterocycles. The molecule has 1 unspecified atom stereocenters.